The van der Waals surface area contributed by atoms with Gasteiger partial charge in [-0.2, -0.15) is 0 Å². The summed E-state index contributed by atoms with van der Waals surface area (Å²) < 4.78 is 11.5. The summed E-state index contributed by atoms with van der Waals surface area (Å²) in [7, 11) is 0. The van der Waals surface area contributed by atoms with E-state index in [9.17, 15) is 0 Å². The molecule has 0 aliphatic rings. The molecule has 57 heavy (non-hydrogen) atoms. The number of fused-ring (bicyclic) bond motifs is 9. The van der Waals surface area contributed by atoms with Crippen molar-refractivity contribution in [3.63, 3.8) is 0 Å². The summed E-state index contributed by atoms with van der Waals surface area (Å²) in [5.74, 6) is 1.86. The summed E-state index contributed by atoms with van der Waals surface area (Å²) >= 11 is 1.86. The minimum absolute atomic E-state index is 0.600. The van der Waals surface area contributed by atoms with E-state index in [1.165, 1.54) is 53.2 Å². The molecule has 6 heteroatoms. The molecule has 5 nitrogen and oxygen atoms in total. The fourth-order valence-corrected chi connectivity index (χ4v) is 9.71. The van der Waals surface area contributed by atoms with Crippen LogP contribution in [-0.2, 0) is 0 Å². The molecule has 4 heterocycles. The first kappa shape index (κ1) is 31.9. The monoisotopic (exact) mass is 746 g/mol. The average molecular weight is 747 g/mol. The lowest BCUT2D eigenvalue weighted by molar-refractivity contribution is 0.669. The van der Waals surface area contributed by atoms with Crippen molar-refractivity contribution in [1.82, 2.24) is 19.5 Å². The van der Waals surface area contributed by atoms with Crippen LogP contribution in [0.4, 0.5) is 0 Å². The van der Waals surface area contributed by atoms with Crippen molar-refractivity contribution in [2.45, 2.75) is 0 Å². The summed E-state index contributed by atoms with van der Waals surface area (Å²) in [6.45, 7) is 0. The maximum absolute atomic E-state index is 6.53. The second kappa shape index (κ2) is 12.6. The smallest absolute Gasteiger partial charge is 0.164 e. The van der Waals surface area contributed by atoms with Crippen LogP contribution in [0.25, 0.3) is 115 Å². The van der Waals surface area contributed by atoms with Gasteiger partial charge in [-0.25, -0.2) is 15.0 Å². The Balaban J connectivity index is 0.988. The maximum Gasteiger partial charge on any atom is 0.164 e. The van der Waals surface area contributed by atoms with Crippen molar-refractivity contribution in [1.29, 1.82) is 0 Å². The quantitative estimate of drug-likeness (QED) is 0.176. The summed E-state index contributed by atoms with van der Waals surface area (Å²) in [6.07, 6.45) is 0. The predicted molar refractivity (Wildman–Crippen MR) is 236 cm³/mol. The zero-order valence-electron chi connectivity index (χ0n) is 30.4. The van der Waals surface area contributed by atoms with Crippen molar-refractivity contribution < 1.29 is 4.42 Å². The summed E-state index contributed by atoms with van der Waals surface area (Å²) in [5, 5.41) is 7.18. The van der Waals surface area contributed by atoms with E-state index in [2.05, 4.69) is 126 Å². The Kier molecular flexibility index (Phi) is 7.03. The Hall–Kier alpha value is -7.41. The van der Waals surface area contributed by atoms with Crippen molar-refractivity contribution in [2.24, 2.45) is 0 Å². The molecule has 266 valence electrons. The van der Waals surface area contributed by atoms with E-state index < -0.39 is 0 Å². The minimum Gasteiger partial charge on any atom is -0.456 e. The van der Waals surface area contributed by atoms with E-state index in [0.29, 0.717) is 17.5 Å². The third-order valence-corrected chi connectivity index (χ3v) is 12.3. The van der Waals surface area contributed by atoms with Crippen LogP contribution in [-0.4, -0.2) is 19.5 Å². The number of hydrogen-bond donors (Lipinski definition) is 0. The molecule has 0 atom stereocenters. The number of hydrogen-bond acceptors (Lipinski definition) is 5. The normalized spacial score (nSPS) is 11.9. The lowest BCUT2D eigenvalue weighted by atomic mass is 10.00. The molecular weight excluding hydrogens is 717 g/mol. The molecule has 12 aromatic rings. The van der Waals surface area contributed by atoms with Crippen LogP contribution in [0.15, 0.2) is 186 Å². The first-order valence-corrected chi connectivity index (χ1v) is 19.8. The Morgan fingerprint density at radius 1 is 0.404 bits per heavy atom. The third-order valence-electron chi connectivity index (χ3n) is 11.1. The number of benzene rings is 8. The molecule has 12 rings (SSSR count). The van der Waals surface area contributed by atoms with E-state index in [4.69, 9.17) is 19.4 Å². The zero-order valence-corrected chi connectivity index (χ0v) is 31.2. The van der Waals surface area contributed by atoms with Crippen LogP contribution >= 0.6 is 11.3 Å². The molecule has 0 spiro atoms. The van der Waals surface area contributed by atoms with E-state index >= 15 is 0 Å². The van der Waals surface area contributed by atoms with Gasteiger partial charge in [-0.15, -0.1) is 11.3 Å². The summed E-state index contributed by atoms with van der Waals surface area (Å²) in [6, 6.07) is 63.8. The molecule has 0 amide bonds. The van der Waals surface area contributed by atoms with Crippen LogP contribution in [0.1, 0.15) is 0 Å². The fraction of sp³-hybridized carbons (Fsp3) is 0. The molecule has 0 radical (unpaired) electrons. The van der Waals surface area contributed by atoms with Gasteiger partial charge >= 0.3 is 0 Å². The standard InChI is InChI=1S/C51H30N4OS/c1-3-13-31(14-4-1)49-52-50(32-15-5-2-6-16-32)54-51(53-49)34-25-27-38-40-29-33(26-28-44(40)56-45(38)30-34)35-19-11-20-39-47-43(23-12-24-46(47)57-48(35)39)55-41-21-9-7-17-36(41)37-18-8-10-22-42(37)55/h1-30H. The molecule has 8 aromatic carbocycles. The van der Waals surface area contributed by atoms with Crippen LogP contribution in [0, 0.1) is 0 Å². The number of nitrogens with zero attached hydrogens (tertiary/aromatic N) is 4. The van der Waals surface area contributed by atoms with Gasteiger partial charge in [0, 0.05) is 58.4 Å². The topological polar surface area (TPSA) is 56.7 Å². The van der Waals surface area contributed by atoms with Crippen molar-refractivity contribution >= 4 is 75.3 Å². The molecule has 0 unspecified atom stereocenters. The van der Waals surface area contributed by atoms with E-state index in [0.717, 1.165) is 44.2 Å². The van der Waals surface area contributed by atoms with Crippen LogP contribution in [0.2, 0.25) is 0 Å². The largest absolute Gasteiger partial charge is 0.456 e. The highest BCUT2D eigenvalue weighted by atomic mass is 32.1. The third kappa shape index (κ3) is 5.04. The van der Waals surface area contributed by atoms with Gasteiger partial charge < -0.3 is 8.98 Å². The van der Waals surface area contributed by atoms with E-state index in [1.54, 1.807) is 0 Å². The molecule has 0 aliphatic carbocycles. The Labute approximate surface area is 330 Å². The van der Waals surface area contributed by atoms with Gasteiger partial charge in [-0.05, 0) is 59.7 Å². The van der Waals surface area contributed by atoms with Crippen LogP contribution < -0.4 is 0 Å². The van der Waals surface area contributed by atoms with Gasteiger partial charge in [0.2, 0.25) is 0 Å². The second-order valence-electron chi connectivity index (χ2n) is 14.4. The zero-order chi connectivity index (χ0) is 37.5. The number of furan rings is 1. The van der Waals surface area contributed by atoms with E-state index in [1.807, 2.05) is 72.0 Å². The predicted octanol–water partition coefficient (Wildman–Crippen LogP) is 13.9. The number of rotatable bonds is 5. The Morgan fingerprint density at radius 2 is 1.00 bits per heavy atom. The maximum atomic E-state index is 6.53. The molecular formula is C51H30N4OS. The number of aromatic nitrogens is 4. The second-order valence-corrected chi connectivity index (χ2v) is 15.4. The molecule has 4 aromatic heterocycles. The van der Waals surface area contributed by atoms with Gasteiger partial charge in [0.1, 0.15) is 11.2 Å². The van der Waals surface area contributed by atoms with Gasteiger partial charge in [0.15, 0.2) is 17.5 Å². The van der Waals surface area contributed by atoms with E-state index in [-0.39, 0.29) is 0 Å². The van der Waals surface area contributed by atoms with Gasteiger partial charge in [-0.3, -0.25) is 0 Å². The lowest BCUT2D eigenvalue weighted by Gasteiger charge is -2.10. The molecule has 0 fully saturated rings. The van der Waals surface area contributed by atoms with Crippen molar-refractivity contribution in [3.8, 4) is 51.0 Å². The van der Waals surface area contributed by atoms with Crippen molar-refractivity contribution in [3.05, 3.63) is 182 Å². The SMILES string of the molecule is c1ccc(-c2nc(-c3ccccc3)nc(-c3ccc4c(c3)oc3ccc(-c5cccc6c5sc5cccc(-n7c8ccccc8c8ccccc87)c56)cc34)n2)cc1. The molecule has 0 saturated carbocycles. The highest BCUT2D eigenvalue weighted by molar-refractivity contribution is 7.26. The Bertz CT molecular complexity index is 3420. The first-order valence-electron chi connectivity index (χ1n) is 19.0. The lowest BCUT2D eigenvalue weighted by Crippen LogP contribution is -2.00. The highest BCUT2D eigenvalue weighted by Gasteiger charge is 2.19. The summed E-state index contributed by atoms with van der Waals surface area (Å²) in [4.78, 5) is 14.8. The van der Waals surface area contributed by atoms with Crippen molar-refractivity contribution in [2.75, 3.05) is 0 Å². The number of thiophene rings is 1. The van der Waals surface area contributed by atoms with Gasteiger partial charge in [0.25, 0.3) is 0 Å². The number of para-hydroxylation sites is 2. The first-order chi connectivity index (χ1) is 28.2. The van der Waals surface area contributed by atoms with Crippen LogP contribution in [0.5, 0.6) is 0 Å². The average Bonchev–Trinajstić information content (AvgIpc) is 3.96. The minimum atomic E-state index is 0.600. The molecule has 0 N–H and O–H groups in total. The summed E-state index contributed by atoms with van der Waals surface area (Å²) in [5.41, 5.74) is 10.4. The highest BCUT2D eigenvalue weighted by Crippen LogP contribution is 2.45. The molecule has 0 aliphatic heterocycles. The molecule has 0 saturated heterocycles. The Morgan fingerprint density at radius 3 is 1.70 bits per heavy atom. The fourth-order valence-electron chi connectivity index (χ4n) is 8.45. The molecule has 0 bridgehead atoms. The van der Waals surface area contributed by atoms with Crippen LogP contribution in [0.3, 0.4) is 0 Å². The van der Waals surface area contributed by atoms with Gasteiger partial charge in [-0.1, -0.05) is 133 Å². The van der Waals surface area contributed by atoms with Gasteiger partial charge in [0.05, 0.1) is 16.7 Å².